The highest BCUT2D eigenvalue weighted by atomic mass is 16.4. The molecule has 0 saturated carbocycles. The first-order valence-corrected chi connectivity index (χ1v) is 7.03. The first kappa shape index (κ1) is 16.9. The van der Waals surface area contributed by atoms with Crippen molar-refractivity contribution in [2.75, 3.05) is 5.32 Å². The van der Waals surface area contributed by atoms with Crippen LogP contribution in [-0.2, 0) is 4.79 Å². The largest absolute Gasteiger partial charge is 0.478 e. The van der Waals surface area contributed by atoms with Crippen molar-refractivity contribution in [1.29, 1.82) is 0 Å². The van der Waals surface area contributed by atoms with Crippen LogP contribution in [0.5, 0.6) is 0 Å². The zero-order valence-corrected chi connectivity index (χ0v) is 13.1. The summed E-state index contributed by atoms with van der Waals surface area (Å²) in [7, 11) is 0. The van der Waals surface area contributed by atoms with Crippen LogP contribution in [0.1, 0.15) is 56.6 Å². The molecule has 3 N–H and O–H groups in total. The average Bonchev–Trinajstić information content (AvgIpc) is 2.37. The van der Waals surface area contributed by atoms with E-state index in [-0.39, 0.29) is 23.4 Å². The zero-order valence-electron chi connectivity index (χ0n) is 13.1. The van der Waals surface area contributed by atoms with Crippen LogP contribution in [0, 0.1) is 0 Å². The fraction of sp³-hybridized carbons (Fsp3) is 0.533. The van der Waals surface area contributed by atoms with Crippen LogP contribution < -0.4 is 10.6 Å². The van der Waals surface area contributed by atoms with Gasteiger partial charge in [-0.1, -0.05) is 13.8 Å². The highest BCUT2D eigenvalue weighted by molar-refractivity contribution is 5.89. The number of carbonyl (C=O) groups excluding carboxylic acids is 1. The highest BCUT2D eigenvalue weighted by Crippen LogP contribution is 2.18. The first-order chi connectivity index (χ1) is 9.70. The van der Waals surface area contributed by atoms with Crippen molar-refractivity contribution >= 4 is 17.7 Å². The molecule has 1 unspecified atom stereocenters. The van der Waals surface area contributed by atoms with Crippen molar-refractivity contribution in [2.45, 2.75) is 52.6 Å². The van der Waals surface area contributed by atoms with Gasteiger partial charge in [0.05, 0.1) is 5.56 Å². The smallest absolute Gasteiger partial charge is 0.335 e. The normalized spacial score (nSPS) is 12.3. The van der Waals surface area contributed by atoms with E-state index in [4.69, 9.17) is 5.11 Å². The summed E-state index contributed by atoms with van der Waals surface area (Å²) in [5.41, 5.74) is 0.835. The molecular weight excluding hydrogens is 270 g/mol. The van der Waals surface area contributed by atoms with Crippen molar-refractivity contribution in [3.05, 3.63) is 23.4 Å². The van der Waals surface area contributed by atoms with E-state index in [1.807, 2.05) is 27.7 Å². The van der Waals surface area contributed by atoms with Gasteiger partial charge in [0, 0.05) is 11.7 Å². The topological polar surface area (TPSA) is 91.3 Å². The average molecular weight is 293 g/mol. The lowest BCUT2D eigenvalue weighted by Gasteiger charge is -2.18. The third kappa shape index (κ3) is 5.06. The van der Waals surface area contributed by atoms with Gasteiger partial charge in [0.25, 0.3) is 0 Å². The van der Waals surface area contributed by atoms with Gasteiger partial charge in [-0.15, -0.1) is 0 Å². The fourth-order valence-corrected chi connectivity index (χ4v) is 1.74. The van der Waals surface area contributed by atoms with Gasteiger partial charge in [0.1, 0.15) is 11.9 Å². The molecule has 116 valence electrons. The number of rotatable bonds is 6. The molecule has 0 aliphatic carbocycles. The summed E-state index contributed by atoms with van der Waals surface area (Å²) in [4.78, 5) is 27.4. The van der Waals surface area contributed by atoms with Crippen LogP contribution in [0.4, 0.5) is 5.82 Å². The lowest BCUT2D eigenvalue weighted by atomic mass is 10.1. The number of hydrogen-bond donors (Lipinski definition) is 3. The van der Waals surface area contributed by atoms with E-state index in [1.165, 1.54) is 6.07 Å². The summed E-state index contributed by atoms with van der Waals surface area (Å²) >= 11 is 0. The molecule has 21 heavy (non-hydrogen) atoms. The maximum atomic E-state index is 11.9. The Morgan fingerprint density at radius 1 is 1.14 bits per heavy atom. The van der Waals surface area contributed by atoms with Gasteiger partial charge >= 0.3 is 5.97 Å². The van der Waals surface area contributed by atoms with Crippen LogP contribution in [0.25, 0.3) is 0 Å². The Hall–Kier alpha value is -2.11. The molecule has 0 aliphatic rings. The molecule has 0 aliphatic heterocycles. The Morgan fingerprint density at radius 3 is 2.24 bits per heavy atom. The summed E-state index contributed by atoms with van der Waals surface area (Å²) in [6, 6.07) is 2.54. The van der Waals surface area contributed by atoms with E-state index in [0.717, 1.165) is 0 Å². The summed E-state index contributed by atoms with van der Waals surface area (Å²) in [5.74, 6) is -0.671. The lowest BCUT2D eigenvalue weighted by Crippen LogP contribution is -2.41. The standard InChI is InChI=1S/C15H23N3O3/c1-8(2)12-6-11(15(20)21)7-13(18-12)17-10(5)14(19)16-9(3)4/h6-10H,1-5H3,(H,16,19)(H,17,18)(H,20,21). The molecule has 1 amide bonds. The minimum Gasteiger partial charge on any atom is -0.478 e. The number of nitrogens with zero attached hydrogens (tertiary/aromatic N) is 1. The van der Waals surface area contributed by atoms with E-state index >= 15 is 0 Å². The number of carboxylic acid groups (broad SMARTS) is 1. The number of pyridine rings is 1. The number of nitrogens with one attached hydrogen (secondary N) is 2. The lowest BCUT2D eigenvalue weighted by molar-refractivity contribution is -0.122. The molecule has 1 aromatic rings. The van der Waals surface area contributed by atoms with Crippen LogP contribution in [0.15, 0.2) is 12.1 Å². The van der Waals surface area contributed by atoms with Gasteiger partial charge in [-0.3, -0.25) is 4.79 Å². The first-order valence-electron chi connectivity index (χ1n) is 7.03. The zero-order chi connectivity index (χ0) is 16.2. The molecule has 0 radical (unpaired) electrons. The monoisotopic (exact) mass is 293 g/mol. The third-order valence-electron chi connectivity index (χ3n) is 2.87. The predicted octanol–water partition coefficient (Wildman–Crippen LogP) is 2.23. The van der Waals surface area contributed by atoms with Gasteiger partial charge in [0.2, 0.25) is 5.91 Å². The second kappa shape index (κ2) is 7.06. The second-order valence-electron chi connectivity index (χ2n) is 5.66. The van der Waals surface area contributed by atoms with Crippen LogP contribution in [-0.4, -0.2) is 34.1 Å². The Balaban J connectivity index is 2.96. The number of anilines is 1. The van der Waals surface area contributed by atoms with E-state index < -0.39 is 12.0 Å². The molecule has 1 heterocycles. The van der Waals surface area contributed by atoms with Gasteiger partial charge in [-0.2, -0.15) is 0 Å². The number of amides is 1. The molecule has 0 fully saturated rings. The summed E-state index contributed by atoms with van der Waals surface area (Å²) < 4.78 is 0. The second-order valence-corrected chi connectivity index (χ2v) is 5.66. The maximum absolute atomic E-state index is 11.9. The molecule has 6 nitrogen and oxygen atoms in total. The van der Waals surface area contributed by atoms with Gasteiger partial charge in [-0.25, -0.2) is 9.78 Å². The minimum atomic E-state index is -1.01. The highest BCUT2D eigenvalue weighted by Gasteiger charge is 2.16. The molecule has 0 aromatic carbocycles. The Bertz CT molecular complexity index is 527. The molecule has 0 saturated heterocycles. The van der Waals surface area contributed by atoms with E-state index in [0.29, 0.717) is 11.5 Å². The summed E-state index contributed by atoms with van der Waals surface area (Å²) in [5, 5.41) is 14.9. The molecule has 1 atom stereocenters. The van der Waals surface area contributed by atoms with E-state index in [2.05, 4.69) is 15.6 Å². The fourth-order valence-electron chi connectivity index (χ4n) is 1.74. The van der Waals surface area contributed by atoms with E-state index in [1.54, 1.807) is 13.0 Å². The van der Waals surface area contributed by atoms with Gasteiger partial charge < -0.3 is 15.7 Å². The summed E-state index contributed by atoms with van der Waals surface area (Å²) in [6.07, 6.45) is 0. The van der Waals surface area contributed by atoms with Gasteiger partial charge in [-0.05, 0) is 38.8 Å². The van der Waals surface area contributed by atoms with Crippen molar-refractivity contribution < 1.29 is 14.7 Å². The molecule has 0 bridgehead atoms. The van der Waals surface area contributed by atoms with Crippen LogP contribution >= 0.6 is 0 Å². The number of hydrogen-bond acceptors (Lipinski definition) is 4. The molecule has 1 rings (SSSR count). The minimum absolute atomic E-state index is 0.0475. The number of aromatic carboxylic acids is 1. The molecule has 0 spiro atoms. The molecular formula is C15H23N3O3. The van der Waals surface area contributed by atoms with Gasteiger partial charge in [0.15, 0.2) is 0 Å². The van der Waals surface area contributed by atoms with Crippen molar-refractivity contribution in [2.24, 2.45) is 0 Å². The third-order valence-corrected chi connectivity index (χ3v) is 2.87. The van der Waals surface area contributed by atoms with Crippen LogP contribution in [0.3, 0.4) is 0 Å². The van der Waals surface area contributed by atoms with Crippen molar-refractivity contribution in [3.8, 4) is 0 Å². The Labute approximate surface area is 125 Å². The summed E-state index contributed by atoms with van der Waals surface area (Å²) in [6.45, 7) is 9.34. The Kier molecular flexibility index (Phi) is 5.69. The van der Waals surface area contributed by atoms with E-state index in [9.17, 15) is 9.59 Å². The van der Waals surface area contributed by atoms with Crippen molar-refractivity contribution in [3.63, 3.8) is 0 Å². The van der Waals surface area contributed by atoms with Crippen LogP contribution in [0.2, 0.25) is 0 Å². The molecule has 6 heteroatoms. The number of aromatic nitrogens is 1. The quantitative estimate of drug-likeness (QED) is 0.748. The predicted molar refractivity (Wildman–Crippen MR) is 81.6 cm³/mol. The maximum Gasteiger partial charge on any atom is 0.335 e. The van der Waals surface area contributed by atoms with Crippen molar-refractivity contribution in [1.82, 2.24) is 10.3 Å². The molecule has 1 aromatic heterocycles. The SMILES string of the molecule is CC(C)NC(=O)C(C)Nc1cc(C(=O)O)cc(C(C)C)n1. The Morgan fingerprint density at radius 2 is 1.76 bits per heavy atom. The number of carboxylic acids is 1. The number of carbonyl (C=O) groups is 2.